The standard InChI is InChI=1S/C17H19N3O3S/c1-23-16(22)14-10-19-17(24-14)20-15(21)13-4-2-11(3-5-13)8-12-6-7-18-9-12/h2-5,10,12,18H,6-9H2,1H3,(H,19,20,21). The molecule has 0 radical (unpaired) electrons. The number of thiazole rings is 1. The van der Waals surface area contributed by atoms with Crippen molar-refractivity contribution in [2.45, 2.75) is 12.8 Å². The van der Waals surface area contributed by atoms with Gasteiger partial charge in [0.05, 0.1) is 13.3 Å². The van der Waals surface area contributed by atoms with Gasteiger partial charge in [-0.2, -0.15) is 0 Å². The van der Waals surface area contributed by atoms with Crippen LogP contribution in [0.3, 0.4) is 0 Å². The van der Waals surface area contributed by atoms with Gasteiger partial charge in [-0.1, -0.05) is 23.5 Å². The molecule has 2 aromatic rings. The summed E-state index contributed by atoms with van der Waals surface area (Å²) in [7, 11) is 1.31. The number of carbonyl (C=O) groups excluding carboxylic acids is 2. The van der Waals surface area contributed by atoms with Gasteiger partial charge in [-0.25, -0.2) is 9.78 Å². The van der Waals surface area contributed by atoms with Crippen LogP contribution in [0.25, 0.3) is 0 Å². The Kier molecular flexibility index (Phi) is 5.22. The molecule has 0 saturated carbocycles. The van der Waals surface area contributed by atoms with Gasteiger partial charge in [0.1, 0.15) is 4.88 Å². The number of aromatic nitrogens is 1. The summed E-state index contributed by atoms with van der Waals surface area (Å²) >= 11 is 1.09. The molecule has 6 nitrogen and oxygen atoms in total. The van der Waals surface area contributed by atoms with E-state index in [4.69, 9.17) is 0 Å². The molecule has 0 spiro atoms. The zero-order chi connectivity index (χ0) is 16.9. The maximum atomic E-state index is 12.2. The smallest absolute Gasteiger partial charge is 0.349 e. The van der Waals surface area contributed by atoms with Crippen LogP contribution in [0, 0.1) is 5.92 Å². The number of nitrogens with one attached hydrogen (secondary N) is 2. The van der Waals surface area contributed by atoms with Crippen molar-refractivity contribution in [3.63, 3.8) is 0 Å². The van der Waals surface area contributed by atoms with Crippen LogP contribution in [0.4, 0.5) is 5.13 Å². The lowest BCUT2D eigenvalue weighted by Gasteiger charge is -2.08. The van der Waals surface area contributed by atoms with Crippen LogP contribution in [0.1, 0.15) is 32.0 Å². The van der Waals surface area contributed by atoms with E-state index in [1.165, 1.54) is 25.3 Å². The largest absolute Gasteiger partial charge is 0.465 e. The second kappa shape index (κ2) is 7.55. The highest BCUT2D eigenvalue weighted by atomic mass is 32.1. The third kappa shape index (κ3) is 3.98. The zero-order valence-electron chi connectivity index (χ0n) is 13.4. The molecule has 1 amide bonds. The number of hydrogen-bond donors (Lipinski definition) is 2. The summed E-state index contributed by atoms with van der Waals surface area (Å²) in [6, 6.07) is 7.63. The summed E-state index contributed by atoms with van der Waals surface area (Å²) in [5.41, 5.74) is 1.81. The lowest BCUT2D eigenvalue weighted by molar-refractivity contribution is 0.0606. The van der Waals surface area contributed by atoms with E-state index < -0.39 is 5.97 Å². The molecule has 1 aliphatic rings. The maximum absolute atomic E-state index is 12.2. The Morgan fingerprint density at radius 1 is 1.38 bits per heavy atom. The van der Waals surface area contributed by atoms with Crippen molar-refractivity contribution in [2.24, 2.45) is 5.92 Å². The van der Waals surface area contributed by atoms with E-state index >= 15 is 0 Å². The fourth-order valence-electron chi connectivity index (χ4n) is 2.71. The first-order valence-corrected chi connectivity index (χ1v) is 8.62. The zero-order valence-corrected chi connectivity index (χ0v) is 14.2. The Hall–Kier alpha value is -2.25. The number of esters is 1. The first-order valence-electron chi connectivity index (χ1n) is 7.81. The molecule has 2 heterocycles. The number of benzene rings is 1. The minimum Gasteiger partial charge on any atom is -0.465 e. The summed E-state index contributed by atoms with van der Waals surface area (Å²) in [6.45, 7) is 2.15. The fourth-order valence-corrected chi connectivity index (χ4v) is 3.44. The molecule has 1 fully saturated rings. The first kappa shape index (κ1) is 16.6. The van der Waals surface area contributed by atoms with Crippen LogP contribution in [0.5, 0.6) is 0 Å². The van der Waals surface area contributed by atoms with Crippen molar-refractivity contribution in [1.82, 2.24) is 10.3 Å². The van der Waals surface area contributed by atoms with Crippen molar-refractivity contribution < 1.29 is 14.3 Å². The number of nitrogens with zero attached hydrogens (tertiary/aromatic N) is 1. The van der Waals surface area contributed by atoms with Gasteiger partial charge in [0.2, 0.25) is 0 Å². The Labute approximate surface area is 144 Å². The van der Waals surface area contributed by atoms with Crippen molar-refractivity contribution in [3.05, 3.63) is 46.5 Å². The monoisotopic (exact) mass is 345 g/mol. The number of ether oxygens (including phenoxy) is 1. The minimum atomic E-state index is -0.459. The highest BCUT2D eigenvalue weighted by molar-refractivity contribution is 7.17. The van der Waals surface area contributed by atoms with E-state index in [-0.39, 0.29) is 5.91 Å². The van der Waals surface area contributed by atoms with Crippen LogP contribution < -0.4 is 10.6 Å². The molecule has 2 N–H and O–H groups in total. The second-order valence-corrected chi connectivity index (χ2v) is 6.77. The van der Waals surface area contributed by atoms with Gasteiger partial charge >= 0.3 is 5.97 Å². The normalized spacial score (nSPS) is 16.8. The van der Waals surface area contributed by atoms with Gasteiger partial charge in [0, 0.05) is 5.56 Å². The number of anilines is 1. The molecule has 1 saturated heterocycles. The van der Waals surface area contributed by atoms with E-state index in [1.54, 1.807) is 0 Å². The van der Waals surface area contributed by atoms with Gasteiger partial charge in [-0.05, 0) is 49.5 Å². The first-order chi connectivity index (χ1) is 11.7. The molecular formula is C17H19N3O3S. The Morgan fingerprint density at radius 3 is 2.83 bits per heavy atom. The average Bonchev–Trinajstić information content (AvgIpc) is 3.27. The van der Waals surface area contributed by atoms with E-state index in [0.717, 1.165) is 30.8 Å². The van der Waals surface area contributed by atoms with Gasteiger partial charge in [0.25, 0.3) is 5.91 Å². The molecule has 1 aliphatic heterocycles. The SMILES string of the molecule is COC(=O)c1cnc(NC(=O)c2ccc(CC3CCNC3)cc2)s1. The van der Waals surface area contributed by atoms with Gasteiger partial charge in [-0.3, -0.25) is 10.1 Å². The molecule has 0 aliphatic carbocycles. The summed E-state index contributed by atoms with van der Waals surface area (Å²) < 4.78 is 4.62. The summed E-state index contributed by atoms with van der Waals surface area (Å²) in [5.74, 6) is -0.0228. The predicted molar refractivity (Wildman–Crippen MR) is 92.5 cm³/mol. The van der Waals surface area contributed by atoms with Crippen LogP contribution in [0.15, 0.2) is 30.5 Å². The van der Waals surface area contributed by atoms with E-state index in [9.17, 15) is 9.59 Å². The molecule has 7 heteroatoms. The topological polar surface area (TPSA) is 80.3 Å². The highest BCUT2D eigenvalue weighted by Crippen LogP contribution is 2.20. The molecule has 1 unspecified atom stereocenters. The van der Waals surface area contributed by atoms with Gasteiger partial charge in [-0.15, -0.1) is 0 Å². The lowest BCUT2D eigenvalue weighted by Crippen LogP contribution is -2.12. The third-order valence-electron chi connectivity index (χ3n) is 4.02. The summed E-state index contributed by atoms with van der Waals surface area (Å²) in [5, 5.41) is 6.44. The van der Waals surface area contributed by atoms with E-state index in [1.807, 2.05) is 24.3 Å². The van der Waals surface area contributed by atoms with Crippen LogP contribution in [-0.4, -0.2) is 37.1 Å². The molecular weight excluding hydrogens is 326 g/mol. The number of carbonyl (C=O) groups is 2. The Balaban J connectivity index is 1.60. The summed E-state index contributed by atoms with van der Waals surface area (Å²) in [6.07, 6.45) is 3.63. The molecule has 126 valence electrons. The highest BCUT2D eigenvalue weighted by Gasteiger charge is 2.16. The number of rotatable bonds is 5. The number of amides is 1. The van der Waals surface area contributed by atoms with Gasteiger partial charge < -0.3 is 10.1 Å². The van der Waals surface area contributed by atoms with Crippen molar-refractivity contribution in [2.75, 3.05) is 25.5 Å². The molecule has 1 aromatic carbocycles. The Bertz CT molecular complexity index is 721. The van der Waals surface area contributed by atoms with Crippen LogP contribution >= 0.6 is 11.3 Å². The average molecular weight is 345 g/mol. The lowest BCUT2D eigenvalue weighted by atomic mass is 9.98. The molecule has 1 atom stereocenters. The van der Waals surface area contributed by atoms with Crippen molar-refractivity contribution in [1.29, 1.82) is 0 Å². The van der Waals surface area contributed by atoms with Gasteiger partial charge in [0.15, 0.2) is 5.13 Å². The minimum absolute atomic E-state index is 0.241. The van der Waals surface area contributed by atoms with E-state index in [2.05, 4.69) is 20.4 Å². The van der Waals surface area contributed by atoms with E-state index in [0.29, 0.717) is 21.5 Å². The van der Waals surface area contributed by atoms with Crippen LogP contribution in [-0.2, 0) is 11.2 Å². The third-order valence-corrected chi connectivity index (χ3v) is 4.91. The quantitative estimate of drug-likeness (QED) is 0.813. The predicted octanol–water partition coefficient (Wildman–Crippen LogP) is 2.33. The van der Waals surface area contributed by atoms with Crippen molar-refractivity contribution >= 4 is 28.3 Å². The molecule has 24 heavy (non-hydrogen) atoms. The molecule has 1 aromatic heterocycles. The van der Waals surface area contributed by atoms with Crippen molar-refractivity contribution in [3.8, 4) is 0 Å². The van der Waals surface area contributed by atoms with Crippen LogP contribution in [0.2, 0.25) is 0 Å². The molecule has 3 rings (SSSR count). The second-order valence-electron chi connectivity index (χ2n) is 5.74. The summed E-state index contributed by atoms with van der Waals surface area (Å²) in [4.78, 5) is 28.0. The number of methoxy groups -OCH3 is 1. The number of hydrogen-bond acceptors (Lipinski definition) is 6. The molecule has 0 bridgehead atoms. The fraction of sp³-hybridized carbons (Fsp3) is 0.353. The Morgan fingerprint density at radius 2 is 2.17 bits per heavy atom. The maximum Gasteiger partial charge on any atom is 0.349 e.